The highest BCUT2D eigenvalue weighted by atomic mass is 32.2. The maximum atomic E-state index is 14.2. The summed E-state index contributed by atoms with van der Waals surface area (Å²) in [4.78, 5) is 23.3. The third-order valence-electron chi connectivity index (χ3n) is 3.91. The molecule has 1 fully saturated rings. The maximum Gasteiger partial charge on any atom is 0.265 e. The third-order valence-corrected chi connectivity index (χ3v) is 6.82. The van der Waals surface area contributed by atoms with Gasteiger partial charge in [0, 0.05) is 25.7 Å². The lowest BCUT2D eigenvalue weighted by molar-refractivity contribution is -0.114. The van der Waals surface area contributed by atoms with E-state index in [1.54, 1.807) is 6.07 Å². The van der Waals surface area contributed by atoms with Crippen molar-refractivity contribution in [1.29, 1.82) is 0 Å². The maximum absolute atomic E-state index is 14.2. The predicted octanol–water partition coefficient (Wildman–Crippen LogP) is 2.12. The van der Waals surface area contributed by atoms with Crippen molar-refractivity contribution in [3.63, 3.8) is 0 Å². The Morgan fingerprint density at radius 3 is 2.54 bits per heavy atom. The fraction of sp³-hybridized carbons (Fsp3) is 0.294. The Bertz CT molecular complexity index is 1000. The Hall–Kier alpha value is -2.34. The van der Waals surface area contributed by atoms with Crippen LogP contribution in [0.2, 0.25) is 0 Å². The minimum absolute atomic E-state index is 0.138. The number of thiophene rings is 1. The van der Waals surface area contributed by atoms with Crippen molar-refractivity contribution in [3.8, 4) is 0 Å². The molecule has 1 saturated heterocycles. The highest BCUT2D eigenvalue weighted by Crippen LogP contribution is 2.26. The molecule has 0 radical (unpaired) electrons. The zero-order valence-corrected chi connectivity index (χ0v) is 16.5. The second-order valence-electron chi connectivity index (χ2n) is 5.96. The van der Waals surface area contributed by atoms with Crippen LogP contribution in [0.25, 0.3) is 0 Å². The van der Waals surface area contributed by atoms with E-state index in [9.17, 15) is 22.4 Å². The van der Waals surface area contributed by atoms with Crippen molar-refractivity contribution in [3.05, 3.63) is 41.0 Å². The number of carbonyl (C=O) groups excluding carboxylic acids is 2. The van der Waals surface area contributed by atoms with E-state index in [-0.39, 0.29) is 37.9 Å². The lowest BCUT2D eigenvalue weighted by Gasteiger charge is -2.26. The topological polar surface area (TPSA) is 105 Å². The van der Waals surface area contributed by atoms with Gasteiger partial charge in [0.1, 0.15) is 10.7 Å². The first-order valence-corrected chi connectivity index (χ1v) is 10.6. The van der Waals surface area contributed by atoms with Gasteiger partial charge in [0.05, 0.1) is 23.1 Å². The van der Waals surface area contributed by atoms with Gasteiger partial charge in [-0.25, -0.2) is 12.8 Å². The average molecular weight is 427 g/mol. The normalized spacial score (nSPS) is 15.2. The van der Waals surface area contributed by atoms with Gasteiger partial charge in [0.2, 0.25) is 15.9 Å². The molecule has 2 heterocycles. The molecule has 28 heavy (non-hydrogen) atoms. The van der Waals surface area contributed by atoms with Crippen LogP contribution in [-0.2, 0) is 19.6 Å². The Labute approximate surface area is 165 Å². The standard InChI is InChI=1S/C17H18FN3O5S2/c1-11(22)19-16-5-4-14(27-16)17(23)20-12-2-3-13(18)15(10-12)28(24,25)21-6-8-26-9-7-21/h2-5,10H,6-9H2,1H3,(H,19,22)(H,20,23). The summed E-state index contributed by atoms with van der Waals surface area (Å²) in [6.45, 7) is 2.12. The highest BCUT2D eigenvalue weighted by Gasteiger charge is 2.29. The molecule has 1 aromatic carbocycles. The molecule has 1 aliphatic rings. The molecule has 0 unspecified atom stereocenters. The molecule has 11 heteroatoms. The number of hydrogen-bond acceptors (Lipinski definition) is 6. The van der Waals surface area contributed by atoms with Crippen LogP contribution >= 0.6 is 11.3 Å². The third kappa shape index (κ3) is 4.55. The van der Waals surface area contributed by atoms with Gasteiger partial charge in [-0.1, -0.05) is 0 Å². The minimum Gasteiger partial charge on any atom is -0.379 e. The summed E-state index contributed by atoms with van der Waals surface area (Å²) in [6, 6.07) is 6.49. The van der Waals surface area contributed by atoms with Crippen LogP contribution in [0.5, 0.6) is 0 Å². The molecule has 1 aromatic heterocycles. The minimum atomic E-state index is -4.04. The molecule has 0 spiro atoms. The Kier molecular flexibility index (Phi) is 6.08. The molecule has 0 aliphatic carbocycles. The van der Waals surface area contributed by atoms with Crippen molar-refractivity contribution in [2.45, 2.75) is 11.8 Å². The summed E-state index contributed by atoms with van der Waals surface area (Å²) in [5.74, 6) is -1.65. The number of sulfonamides is 1. The fourth-order valence-electron chi connectivity index (χ4n) is 2.60. The quantitative estimate of drug-likeness (QED) is 0.761. The molecule has 150 valence electrons. The average Bonchev–Trinajstić information content (AvgIpc) is 3.12. The Morgan fingerprint density at radius 1 is 1.14 bits per heavy atom. The van der Waals surface area contributed by atoms with Gasteiger partial charge in [-0.05, 0) is 30.3 Å². The number of halogens is 1. The lowest BCUT2D eigenvalue weighted by Crippen LogP contribution is -2.40. The smallest absolute Gasteiger partial charge is 0.265 e. The van der Waals surface area contributed by atoms with Crippen LogP contribution < -0.4 is 10.6 Å². The summed E-state index contributed by atoms with van der Waals surface area (Å²) in [5.41, 5.74) is 0.146. The van der Waals surface area contributed by atoms with Crippen molar-refractivity contribution in [1.82, 2.24) is 4.31 Å². The van der Waals surface area contributed by atoms with Crippen molar-refractivity contribution in [2.75, 3.05) is 36.9 Å². The molecule has 1 aliphatic heterocycles. The first kappa shape index (κ1) is 20.4. The van der Waals surface area contributed by atoms with Gasteiger partial charge < -0.3 is 15.4 Å². The van der Waals surface area contributed by atoms with Crippen LogP contribution in [0.1, 0.15) is 16.6 Å². The summed E-state index contributed by atoms with van der Waals surface area (Å²) >= 11 is 1.07. The molecule has 3 rings (SSSR count). The van der Waals surface area contributed by atoms with Crippen LogP contribution in [0.15, 0.2) is 35.2 Å². The van der Waals surface area contributed by atoms with E-state index < -0.39 is 26.6 Å². The molecular formula is C17H18FN3O5S2. The van der Waals surface area contributed by atoms with E-state index in [1.165, 1.54) is 19.1 Å². The first-order valence-electron chi connectivity index (χ1n) is 8.33. The molecule has 2 N–H and O–H groups in total. The van der Waals surface area contributed by atoms with Gasteiger partial charge >= 0.3 is 0 Å². The second-order valence-corrected chi connectivity index (χ2v) is 8.95. The van der Waals surface area contributed by atoms with E-state index in [1.807, 2.05) is 0 Å². The van der Waals surface area contributed by atoms with Crippen LogP contribution in [-0.4, -0.2) is 50.8 Å². The molecule has 2 amide bonds. The highest BCUT2D eigenvalue weighted by molar-refractivity contribution is 7.89. The largest absolute Gasteiger partial charge is 0.379 e. The van der Waals surface area contributed by atoms with E-state index >= 15 is 0 Å². The van der Waals surface area contributed by atoms with Gasteiger partial charge in [0.15, 0.2) is 0 Å². The van der Waals surface area contributed by atoms with E-state index in [0.29, 0.717) is 9.88 Å². The number of carbonyl (C=O) groups is 2. The van der Waals surface area contributed by atoms with Gasteiger partial charge in [-0.2, -0.15) is 4.31 Å². The predicted molar refractivity (Wildman–Crippen MR) is 103 cm³/mol. The number of anilines is 2. The zero-order chi connectivity index (χ0) is 20.3. The second kappa shape index (κ2) is 8.35. The van der Waals surface area contributed by atoms with E-state index in [0.717, 1.165) is 27.8 Å². The van der Waals surface area contributed by atoms with Gasteiger partial charge in [-0.3, -0.25) is 9.59 Å². The van der Waals surface area contributed by atoms with Crippen molar-refractivity contribution >= 4 is 43.9 Å². The molecule has 2 aromatic rings. The van der Waals surface area contributed by atoms with Crippen molar-refractivity contribution in [2.24, 2.45) is 0 Å². The summed E-state index contributed by atoms with van der Waals surface area (Å²) in [7, 11) is -4.04. The number of hydrogen-bond donors (Lipinski definition) is 2. The molecule has 0 bridgehead atoms. The van der Waals surface area contributed by atoms with E-state index in [2.05, 4.69) is 10.6 Å². The molecular weight excluding hydrogens is 409 g/mol. The number of rotatable bonds is 5. The first-order chi connectivity index (χ1) is 13.3. The fourth-order valence-corrected chi connectivity index (χ4v) is 4.94. The number of amides is 2. The Morgan fingerprint density at radius 2 is 1.86 bits per heavy atom. The van der Waals surface area contributed by atoms with Crippen LogP contribution in [0.3, 0.4) is 0 Å². The summed E-state index contributed by atoms with van der Waals surface area (Å²) < 4.78 is 45.9. The van der Waals surface area contributed by atoms with Gasteiger partial charge in [0.25, 0.3) is 5.91 Å². The number of nitrogens with zero attached hydrogens (tertiary/aromatic N) is 1. The number of ether oxygens (including phenoxy) is 1. The van der Waals surface area contributed by atoms with Gasteiger partial charge in [-0.15, -0.1) is 11.3 Å². The Balaban J connectivity index is 1.80. The monoisotopic (exact) mass is 427 g/mol. The zero-order valence-electron chi connectivity index (χ0n) is 14.9. The molecule has 8 nitrogen and oxygen atoms in total. The summed E-state index contributed by atoms with van der Waals surface area (Å²) in [5, 5.41) is 5.63. The lowest BCUT2D eigenvalue weighted by atomic mass is 10.3. The SMILES string of the molecule is CC(=O)Nc1ccc(C(=O)Nc2ccc(F)c(S(=O)(=O)N3CCOCC3)c2)s1. The number of benzene rings is 1. The van der Waals surface area contributed by atoms with Crippen molar-refractivity contribution < 1.29 is 27.1 Å². The number of nitrogens with one attached hydrogen (secondary N) is 2. The van der Waals surface area contributed by atoms with Crippen LogP contribution in [0.4, 0.5) is 15.1 Å². The van der Waals surface area contributed by atoms with Crippen LogP contribution in [0, 0.1) is 5.82 Å². The molecule has 0 saturated carbocycles. The molecule has 0 atom stereocenters. The summed E-state index contributed by atoms with van der Waals surface area (Å²) in [6.07, 6.45) is 0. The number of morpholine rings is 1. The van der Waals surface area contributed by atoms with E-state index in [4.69, 9.17) is 4.74 Å².